The zero-order valence-corrected chi connectivity index (χ0v) is 24.4. The smallest absolute Gasteiger partial charge is 0.303 e. The second-order valence-corrected chi connectivity index (χ2v) is 10.3. The predicted molar refractivity (Wildman–Crippen MR) is 163 cm³/mol. The number of amides is 2. The van der Waals surface area contributed by atoms with Gasteiger partial charge in [0.1, 0.15) is 22.7 Å². The molecule has 6 N–H and O–H groups in total. The molecule has 0 saturated heterocycles. The molecule has 44 heavy (non-hydrogen) atoms. The topological polar surface area (TPSA) is 171 Å². The third-order valence-corrected chi connectivity index (χ3v) is 7.21. The lowest BCUT2D eigenvalue weighted by atomic mass is 10.0. The third-order valence-electron chi connectivity index (χ3n) is 6.91. The molecule has 0 spiro atoms. The van der Waals surface area contributed by atoms with Crippen molar-refractivity contribution in [1.82, 2.24) is 11.1 Å². The van der Waals surface area contributed by atoms with Crippen LogP contribution in [0.15, 0.2) is 66.9 Å². The van der Waals surface area contributed by atoms with Crippen LogP contribution in [-0.2, 0) is 14.4 Å². The van der Waals surface area contributed by atoms with Gasteiger partial charge < -0.3 is 36.1 Å². The first kappa shape index (κ1) is 32.0. The van der Waals surface area contributed by atoms with Crippen molar-refractivity contribution >= 4 is 51.7 Å². The van der Waals surface area contributed by atoms with Gasteiger partial charge in [0.05, 0.1) is 24.3 Å². The number of carboxylic acid groups (broad SMARTS) is 1. The fraction of sp³-hybridized carbons (Fsp3) is 0.226. The number of benzene rings is 3. The van der Waals surface area contributed by atoms with Gasteiger partial charge in [-0.15, -0.1) is 0 Å². The Bertz CT molecular complexity index is 1700. The van der Waals surface area contributed by atoms with Gasteiger partial charge in [-0.1, -0.05) is 11.6 Å². The molecule has 0 atom stereocenters. The van der Waals surface area contributed by atoms with Crippen LogP contribution in [0.2, 0.25) is 5.02 Å². The maximum atomic E-state index is 13.2. The number of carbonyl (C=O) groups is 3. The standard InChI is InChI=1S/C31H27ClFN3O7.H3N/c1-41-26-16-21-23(17-27(26)42-14-2-3-28(37)38)34-13-10-24(21)43-25-9-8-20(15-22(25)32)36-30(40)31(11-12-31)29(39)35-19-6-4-18(33)5-7-19;/h4-10,13,15-17H,2-3,11-12,14H2,1H3,(H,35,39)(H,36,40)(H,37,38);1H3. The number of methoxy groups -OCH3 is 1. The zero-order chi connectivity index (χ0) is 30.6. The van der Waals surface area contributed by atoms with E-state index >= 15 is 0 Å². The number of rotatable bonds is 12. The average molecular weight is 625 g/mol. The first-order chi connectivity index (χ1) is 20.7. The number of ether oxygens (including phenoxy) is 3. The Morgan fingerprint density at radius 3 is 2.25 bits per heavy atom. The number of nitrogens with one attached hydrogen (secondary N) is 2. The molecule has 1 heterocycles. The third kappa shape index (κ3) is 7.16. The molecular weight excluding hydrogens is 595 g/mol. The number of anilines is 2. The Labute approximate surface area is 256 Å². The van der Waals surface area contributed by atoms with Gasteiger partial charge in [0, 0.05) is 35.4 Å². The van der Waals surface area contributed by atoms with Gasteiger partial charge in [-0.25, -0.2) is 4.39 Å². The Balaban J connectivity index is 0.00000442. The van der Waals surface area contributed by atoms with Crippen LogP contribution >= 0.6 is 11.6 Å². The normalized spacial score (nSPS) is 12.9. The van der Waals surface area contributed by atoms with E-state index in [1.807, 2.05) is 0 Å². The van der Waals surface area contributed by atoms with Crippen LogP contribution in [0.4, 0.5) is 15.8 Å². The summed E-state index contributed by atoms with van der Waals surface area (Å²) in [6.45, 7) is 0.197. The van der Waals surface area contributed by atoms with Crippen molar-refractivity contribution in [3.63, 3.8) is 0 Å². The van der Waals surface area contributed by atoms with E-state index in [1.54, 1.807) is 36.5 Å². The molecule has 1 fully saturated rings. The van der Waals surface area contributed by atoms with Crippen molar-refractivity contribution in [2.24, 2.45) is 5.41 Å². The van der Waals surface area contributed by atoms with E-state index in [0.29, 0.717) is 64.5 Å². The number of halogens is 2. The molecule has 13 heteroatoms. The Morgan fingerprint density at radius 1 is 0.932 bits per heavy atom. The largest absolute Gasteiger partial charge is 0.493 e. The molecule has 1 aliphatic rings. The predicted octanol–water partition coefficient (Wildman–Crippen LogP) is 6.59. The molecule has 1 aliphatic carbocycles. The van der Waals surface area contributed by atoms with E-state index in [0.717, 1.165) is 0 Å². The second kappa shape index (κ2) is 13.6. The number of pyridine rings is 1. The van der Waals surface area contributed by atoms with Crippen LogP contribution in [0.25, 0.3) is 10.9 Å². The van der Waals surface area contributed by atoms with E-state index in [9.17, 15) is 18.8 Å². The fourth-order valence-corrected chi connectivity index (χ4v) is 4.61. The monoisotopic (exact) mass is 624 g/mol. The first-order valence-corrected chi connectivity index (χ1v) is 13.7. The van der Waals surface area contributed by atoms with Crippen molar-refractivity contribution in [3.05, 3.63) is 77.7 Å². The van der Waals surface area contributed by atoms with Gasteiger partial charge in [-0.2, -0.15) is 0 Å². The molecule has 0 radical (unpaired) electrons. The van der Waals surface area contributed by atoms with Gasteiger partial charge in [0.25, 0.3) is 0 Å². The number of carboxylic acids is 1. The lowest BCUT2D eigenvalue weighted by molar-refractivity contribution is -0.137. The zero-order valence-electron chi connectivity index (χ0n) is 23.7. The molecule has 4 aromatic rings. The van der Waals surface area contributed by atoms with E-state index in [4.69, 9.17) is 30.9 Å². The maximum Gasteiger partial charge on any atom is 0.303 e. The number of aliphatic carboxylic acids is 1. The summed E-state index contributed by atoms with van der Waals surface area (Å²) in [5, 5.41) is 15.1. The lowest BCUT2D eigenvalue weighted by Crippen LogP contribution is -2.35. The Hall–Kier alpha value is -4.94. The molecule has 3 aromatic carbocycles. The lowest BCUT2D eigenvalue weighted by Gasteiger charge is -2.17. The summed E-state index contributed by atoms with van der Waals surface area (Å²) in [6, 6.07) is 15.1. The van der Waals surface area contributed by atoms with Gasteiger partial charge >= 0.3 is 5.97 Å². The number of nitrogens with zero attached hydrogens (tertiary/aromatic N) is 1. The van der Waals surface area contributed by atoms with Gasteiger partial charge in [0.2, 0.25) is 11.8 Å². The Kier molecular flexibility index (Phi) is 9.87. The van der Waals surface area contributed by atoms with Crippen molar-refractivity contribution in [2.45, 2.75) is 25.7 Å². The highest BCUT2D eigenvalue weighted by Gasteiger charge is 2.56. The minimum atomic E-state index is -1.22. The van der Waals surface area contributed by atoms with Crippen LogP contribution in [0.3, 0.4) is 0 Å². The van der Waals surface area contributed by atoms with Crippen molar-refractivity contribution in [1.29, 1.82) is 0 Å². The molecular formula is C31H30ClFN4O7. The maximum absolute atomic E-state index is 13.2. The molecule has 1 aromatic heterocycles. The molecule has 2 amide bonds. The SMILES string of the molecule is COc1cc2c(Oc3ccc(NC(=O)C4(C(=O)Nc5ccc(F)cc5)CC4)cc3Cl)ccnc2cc1OCCCC(=O)O.N. The van der Waals surface area contributed by atoms with Crippen LogP contribution in [0.5, 0.6) is 23.0 Å². The second-order valence-electron chi connectivity index (χ2n) is 9.92. The van der Waals surface area contributed by atoms with E-state index in [2.05, 4.69) is 15.6 Å². The number of carbonyl (C=O) groups excluding carboxylic acids is 2. The number of hydrogen-bond donors (Lipinski definition) is 4. The minimum absolute atomic E-state index is 0. The van der Waals surface area contributed by atoms with Crippen LogP contribution in [-0.4, -0.2) is 41.6 Å². The highest BCUT2D eigenvalue weighted by molar-refractivity contribution is 6.32. The number of hydrogen-bond acceptors (Lipinski definition) is 8. The summed E-state index contributed by atoms with van der Waals surface area (Å²) in [5.41, 5.74) is 0.120. The van der Waals surface area contributed by atoms with Crippen molar-refractivity contribution in [3.8, 4) is 23.0 Å². The average Bonchev–Trinajstić information content (AvgIpc) is 3.80. The van der Waals surface area contributed by atoms with E-state index < -0.39 is 29.0 Å². The van der Waals surface area contributed by atoms with E-state index in [-0.39, 0.29) is 24.2 Å². The molecule has 230 valence electrons. The molecule has 1 saturated carbocycles. The fourth-order valence-electron chi connectivity index (χ4n) is 4.39. The van der Waals surface area contributed by atoms with Crippen molar-refractivity contribution < 1.29 is 38.1 Å². The number of fused-ring (bicyclic) bond motifs is 1. The van der Waals surface area contributed by atoms with Crippen molar-refractivity contribution in [2.75, 3.05) is 24.4 Å². The summed E-state index contributed by atoms with van der Waals surface area (Å²) >= 11 is 6.52. The molecule has 0 unspecified atom stereocenters. The summed E-state index contributed by atoms with van der Waals surface area (Å²) in [6.07, 6.45) is 2.66. The molecule has 0 aliphatic heterocycles. The summed E-state index contributed by atoms with van der Waals surface area (Å²) in [4.78, 5) is 41.0. The highest BCUT2D eigenvalue weighted by Crippen LogP contribution is 2.48. The minimum Gasteiger partial charge on any atom is -0.493 e. The van der Waals surface area contributed by atoms with Gasteiger partial charge in [0.15, 0.2) is 11.5 Å². The highest BCUT2D eigenvalue weighted by atomic mass is 35.5. The van der Waals surface area contributed by atoms with Crippen LogP contribution < -0.4 is 31.0 Å². The van der Waals surface area contributed by atoms with Crippen LogP contribution in [0.1, 0.15) is 25.7 Å². The first-order valence-electron chi connectivity index (χ1n) is 13.4. The van der Waals surface area contributed by atoms with Gasteiger partial charge in [-0.05, 0) is 73.9 Å². The van der Waals surface area contributed by atoms with Crippen LogP contribution in [0, 0.1) is 11.2 Å². The summed E-state index contributed by atoms with van der Waals surface area (Å²) < 4.78 is 30.5. The molecule has 5 rings (SSSR count). The Morgan fingerprint density at radius 2 is 1.61 bits per heavy atom. The molecule has 11 nitrogen and oxygen atoms in total. The quantitative estimate of drug-likeness (QED) is 0.100. The van der Waals surface area contributed by atoms with Gasteiger partial charge in [-0.3, -0.25) is 19.4 Å². The summed E-state index contributed by atoms with van der Waals surface area (Å²) in [7, 11) is 1.49. The summed E-state index contributed by atoms with van der Waals surface area (Å²) in [5.74, 6) is -0.663. The number of aromatic nitrogens is 1. The molecule has 0 bridgehead atoms. The van der Waals surface area contributed by atoms with E-state index in [1.165, 1.54) is 37.4 Å².